The van der Waals surface area contributed by atoms with Crippen molar-refractivity contribution in [3.63, 3.8) is 0 Å². The van der Waals surface area contributed by atoms with Gasteiger partial charge in [0.1, 0.15) is 12.4 Å². The standard InChI is InChI=1S/C25H24N4O5/c1-28-22(12-21(27-28)23(30)29-11-10-15(13-29)24(31)32)26-25(33)34-14-20-18-8-4-2-6-16(18)17-7-3-5-9-19(17)20/h2-9,12,15,20H,10-11,13-14H2,1H3,(H,26,33)(H,31,32). The zero-order chi connectivity index (χ0) is 23.8. The Kier molecular flexibility index (Phi) is 5.53. The van der Waals surface area contributed by atoms with Gasteiger partial charge in [0.15, 0.2) is 5.69 Å². The zero-order valence-electron chi connectivity index (χ0n) is 18.6. The molecule has 2 aromatic carbocycles. The van der Waals surface area contributed by atoms with Crippen LogP contribution in [0.15, 0.2) is 54.6 Å². The number of benzene rings is 2. The molecule has 9 heteroatoms. The SMILES string of the molecule is Cn1nc(C(=O)N2CCC(C(=O)O)C2)cc1NC(=O)OCC1c2ccccc2-c2ccccc21. The van der Waals surface area contributed by atoms with Crippen LogP contribution in [0.4, 0.5) is 10.6 Å². The predicted octanol–water partition coefficient (Wildman–Crippen LogP) is 3.33. The number of carboxylic acids is 1. The minimum atomic E-state index is -0.908. The number of aryl methyl sites for hydroxylation is 1. The van der Waals surface area contributed by atoms with Crippen molar-refractivity contribution in [2.24, 2.45) is 13.0 Å². The topological polar surface area (TPSA) is 114 Å². The van der Waals surface area contributed by atoms with Gasteiger partial charge in [0, 0.05) is 32.1 Å². The van der Waals surface area contributed by atoms with Crippen LogP contribution in [-0.4, -0.2) is 57.5 Å². The second-order valence-electron chi connectivity index (χ2n) is 8.56. The number of nitrogens with one attached hydrogen (secondary N) is 1. The Morgan fingerprint density at radius 3 is 2.35 bits per heavy atom. The summed E-state index contributed by atoms with van der Waals surface area (Å²) in [6, 6.07) is 17.7. The maximum absolute atomic E-state index is 12.7. The Bertz CT molecular complexity index is 1240. The summed E-state index contributed by atoms with van der Waals surface area (Å²) in [6.45, 7) is 0.690. The van der Waals surface area contributed by atoms with Crippen LogP contribution in [0.25, 0.3) is 11.1 Å². The third kappa shape index (κ3) is 3.89. The highest BCUT2D eigenvalue weighted by Crippen LogP contribution is 2.44. The van der Waals surface area contributed by atoms with E-state index in [0.29, 0.717) is 18.8 Å². The van der Waals surface area contributed by atoms with E-state index in [4.69, 9.17) is 9.84 Å². The maximum Gasteiger partial charge on any atom is 0.412 e. The van der Waals surface area contributed by atoms with E-state index in [1.165, 1.54) is 15.6 Å². The molecule has 1 atom stereocenters. The van der Waals surface area contributed by atoms with E-state index in [1.54, 1.807) is 7.05 Å². The number of carbonyl (C=O) groups is 3. The minimum absolute atomic E-state index is 0.0563. The molecule has 0 saturated carbocycles. The van der Waals surface area contributed by atoms with Gasteiger partial charge in [-0.25, -0.2) is 4.79 Å². The number of anilines is 1. The van der Waals surface area contributed by atoms with Gasteiger partial charge in [-0.15, -0.1) is 0 Å². The Hall–Kier alpha value is -4.14. The van der Waals surface area contributed by atoms with E-state index in [9.17, 15) is 14.4 Å². The smallest absolute Gasteiger partial charge is 0.412 e. The molecule has 34 heavy (non-hydrogen) atoms. The number of likely N-dealkylation sites (tertiary alicyclic amines) is 1. The molecular weight excluding hydrogens is 436 g/mol. The second-order valence-corrected chi connectivity index (χ2v) is 8.56. The van der Waals surface area contributed by atoms with Gasteiger partial charge >= 0.3 is 12.1 Å². The molecule has 1 saturated heterocycles. The van der Waals surface area contributed by atoms with Crippen molar-refractivity contribution < 1.29 is 24.2 Å². The largest absolute Gasteiger partial charge is 0.481 e. The van der Waals surface area contributed by atoms with Crippen molar-refractivity contribution in [3.05, 3.63) is 71.4 Å². The summed E-state index contributed by atoms with van der Waals surface area (Å²) < 4.78 is 6.95. The fourth-order valence-corrected chi connectivity index (χ4v) is 4.74. The lowest BCUT2D eigenvalue weighted by Gasteiger charge is -2.14. The number of hydrogen-bond acceptors (Lipinski definition) is 5. The highest BCUT2D eigenvalue weighted by atomic mass is 16.5. The first-order chi connectivity index (χ1) is 16.4. The molecular formula is C25H24N4O5. The molecule has 2 amide bonds. The van der Waals surface area contributed by atoms with Crippen LogP contribution in [0.5, 0.6) is 0 Å². The van der Waals surface area contributed by atoms with Crippen molar-refractivity contribution in [2.45, 2.75) is 12.3 Å². The monoisotopic (exact) mass is 460 g/mol. The van der Waals surface area contributed by atoms with Crippen molar-refractivity contribution in [1.82, 2.24) is 14.7 Å². The molecule has 1 aromatic heterocycles. The van der Waals surface area contributed by atoms with E-state index in [-0.39, 0.29) is 30.7 Å². The normalized spacial score (nSPS) is 16.7. The zero-order valence-corrected chi connectivity index (χ0v) is 18.6. The molecule has 2 N–H and O–H groups in total. The van der Waals surface area contributed by atoms with E-state index in [1.807, 2.05) is 36.4 Å². The fraction of sp³-hybridized carbons (Fsp3) is 0.280. The summed E-state index contributed by atoms with van der Waals surface area (Å²) in [4.78, 5) is 37.9. The number of carboxylic acid groups (broad SMARTS) is 1. The first-order valence-electron chi connectivity index (χ1n) is 11.1. The highest BCUT2D eigenvalue weighted by Gasteiger charge is 2.33. The molecule has 1 aliphatic carbocycles. The number of amides is 2. The Morgan fingerprint density at radius 1 is 1.09 bits per heavy atom. The van der Waals surface area contributed by atoms with Gasteiger partial charge in [-0.2, -0.15) is 5.10 Å². The van der Waals surface area contributed by atoms with Crippen LogP contribution < -0.4 is 5.32 Å². The Balaban J connectivity index is 1.24. The molecule has 1 fully saturated rings. The number of carbonyl (C=O) groups excluding carboxylic acids is 2. The van der Waals surface area contributed by atoms with E-state index in [2.05, 4.69) is 22.5 Å². The van der Waals surface area contributed by atoms with Gasteiger partial charge in [-0.3, -0.25) is 19.6 Å². The number of hydrogen-bond donors (Lipinski definition) is 2. The molecule has 2 heterocycles. The lowest BCUT2D eigenvalue weighted by atomic mass is 9.98. The van der Waals surface area contributed by atoms with Crippen LogP contribution in [0, 0.1) is 5.92 Å². The third-order valence-electron chi connectivity index (χ3n) is 6.50. The predicted molar refractivity (Wildman–Crippen MR) is 124 cm³/mol. The van der Waals surface area contributed by atoms with Crippen LogP contribution in [0.1, 0.15) is 34.0 Å². The van der Waals surface area contributed by atoms with Gasteiger partial charge in [0.05, 0.1) is 5.92 Å². The van der Waals surface area contributed by atoms with Gasteiger partial charge < -0.3 is 14.7 Å². The lowest BCUT2D eigenvalue weighted by molar-refractivity contribution is -0.141. The van der Waals surface area contributed by atoms with Crippen LogP contribution in [0.3, 0.4) is 0 Å². The fourth-order valence-electron chi connectivity index (χ4n) is 4.74. The van der Waals surface area contributed by atoms with E-state index in [0.717, 1.165) is 22.3 Å². The molecule has 3 aromatic rings. The lowest BCUT2D eigenvalue weighted by Crippen LogP contribution is -2.30. The third-order valence-corrected chi connectivity index (χ3v) is 6.50. The van der Waals surface area contributed by atoms with Crippen LogP contribution >= 0.6 is 0 Å². The minimum Gasteiger partial charge on any atom is -0.481 e. The molecule has 0 radical (unpaired) electrons. The summed E-state index contributed by atoms with van der Waals surface area (Å²) in [5.74, 6) is -1.58. The summed E-state index contributed by atoms with van der Waals surface area (Å²) in [5, 5.41) is 16.0. The molecule has 1 unspecified atom stereocenters. The van der Waals surface area contributed by atoms with Crippen LogP contribution in [0.2, 0.25) is 0 Å². The van der Waals surface area contributed by atoms with Gasteiger partial charge in [-0.05, 0) is 28.7 Å². The first kappa shape index (κ1) is 21.7. The molecule has 1 aliphatic heterocycles. The summed E-state index contributed by atoms with van der Waals surface area (Å²) >= 11 is 0. The number of fused-ring (bicyclic) bond motifs is 3. The number of aliphatic carboxylic acids is 1. The average Bonchev–Trinajstić information content (AvgIpc) is 3.54. The highest BCUT2D eigenvalue weighted by molar-refractivity contribution is 5.95. The van der Waals surface area contributed by atoms with E-state index < -0.39 is 18.0 Å². The molecule has 2 aliphatic rings. The maximum atomic E-state index is 12.7. The summed E-state index contributed by atoms with van der Waals surface area (Å²) in [7, 11) is 1.61. The van der Waals surface area contributed by atoms with Gasteiger partial charge in [0.2, 0.25) is 0 Å². The quantitative estimate of drug-likeness (QED) is 0.604. The first-order valence-corrected chi connectivity index (χ1v) is 11.1. The average molecular weight is 460 g/mol. The molecule has 5 rings (SSSR count). The Morgan fingerprint density at radius 2 is 1.74 bits per heavy atom. The van der Waals surface area contributed by atoms with Crippen molar-refractivity contribution >= 4 is 23.8 Å². The van der Waals surface area contributed by atoms with Crippen molar-refractivity contribution in [3.8, 4) is 11.1 Å². The molecule has 9 nitrogen and oxygen atoms in total. The van der Waals surface area contributed by atoms with Crippen LogP contribution in [-0.2, 0) is 16.6 Å². The molecule has 0 spiro atoms. The molecule has 0 bridgehead atoms. The Labute approximate surface area is 195 Å². The number of ether oxygens (including phenoxy) is 1. The van der Waals surface area contributed by atoms with Crippen molar-refractivity contribution in [1.29, 1.82) is 0 Å². The van der Waals surface area contributed by atoms with Gasteiger partial charge in [-0.1, -0.05) is 48.5 Å². The summed E-state index contributed by atoms with van der Waals surface area (Å²) in [6.07, 6.45) is -0.227. The number of rotatable bonds is 5. The second kappa shape index (κ2) is 8.66. The molecule has 174 valence electrons. The number of aromatic nitrogens is 2. The number of nitrogens with zero attached hydrogens (tertiary/aromatic N) is 3. The van der Waals surface area contributed by atoms with Crippen molar-refractivity contribution in [2.75, 3.05) is 25.0 Å². The van der Waals surface area contributed by atoms with E-state index >= 15 is 0 Å². The van der Waals surface area contributed by atoms with Gasteiger partial charge in [0.25, 0.3) is 5.91 Å². The summed E-state index contributed by atoms with van der Waals surface area (Å²) in [5.41, 5.74) is 4.68.